The van der Waals surface area contributed by atoms with E-state index in [4.69, 9.17) is 4.74 Å². The van der Waals surface area contributed by atoms with Gasteiger partial charge in [-0.1, -0.05) is 0 Å². The third kappa shape index (κ3) is 3.59. The maximum absolute atomic E-state index is 12.8. The molecule has 1 aliphatic heterocycles. The van der Waals surface area contributed by atoms with E-state index in [1.807, 2.05) is 6.20 Å². The molecule has 0 saturated heterocycles. The van der Waals surface area contributed by atoms with Gasteiger partial charge in [0.15, 0.2) is 0 Å². The monoisotopic (exact) mass is 291 g/mol. The van der Waals surface area contributed by atoms with Crippen molar-refractivity contribution in [3.05, 3.63) is 47.5 Å². The Bertz CT molecular complexity index is 585. The highest BCUT2D eigenvalue weighted by Gasteiger charge is 2.20. The van der Waals surface area contributed by atoms with Crippen LogP contribution in [0.3, 0.4) is 0 Å². The summed E-state index contributed by atoms with van der Waals surface area (Å²) < 4.78 is 18.2. The zero-order valence-corrected chi connectivity index (χ0v) is 11.6. The average molecular weight is 291 g/mol. The molecule has 0 spiro atoms. The van der Waals surface area contributed by atoms with E-state index in [1.165, 1.54) is 23.4 Å². The summed E-state index contributed by atoms with van der Waals surface area (Å²) in [5, 5.41) is 17.1. The minimum atomic E-state index is -0.580. The van der Waals surface area contributed by atoms with Crippen LogP contribution in [-0.2, 0) is 13.0 Å². The lowest BCUT2D eigenvalue weighted by atomic mass is 10.1. The van der Waals surface area contributed by atoms with Crippen LogP contribution in [0.15, 0.2) is 30.5 Å². The van der Waals surface area contributed by atoms with Gasteiger partial charge >= 0.3 is 0 Å². The van der Waals surface area contributed by atoms with Crippen molar-refractivity contribution in [1.82, 2.24) is 15.1 Å². The predicted molar refractivity (Wildman–Crippen MR) is 75.5 cm³/mol. The largest absolute Gasteiger partial charge is 0.491 e. The number of H-pyrrole nitrogens is 1. The van der Waals surface area contributed by atoms with Gasteiger partial charge in [-0.05, 0) is 24.3 Å². The minimum Gasteiger partial charge on any atom is -0.491 e. The molecule has 112 valence electrons. The molecule has 0 fully saturated rings. The number of nitrogens with one attached hydrogen (secondary N) is 1. The SMILES string of the molecule is OC(COc1ccc(F)cc1)CN1CCc2[nH]ncc2C1. The van der Waals surface area contributed by atoms with Crippen LogP contribution >= 0.6 is 0 Å². The van der Waals surface area contributed by atoms with Crippen molar-refractivity contribution in [2.75, 3.05) is 19.7 Å². The molecule has 0 amide bonds. The van der Waals surface area contributed by atoms with E-state index < -0.39 is 6.10 Å². The van der Waals surface area contributed by atoms with Crippen molar-refractivity contribution in [1.29, 1.82) is 0 Å². The first-order valence-corrected chi connectivity index (χ1v) is 7.00. The molecule has 1 aromatic carbocycles. The maximum atomic E-state index is 12.8. The number of aromatic amines is 1. The standard InChI is InChI=1S/C15H18FN3O2/c16-12-1-3-14(4-2-12)21-10-13(20)9-19-6-5-15-11(8-19)7-17-18-15/h1-4,7,13,20H,5-6,8-10H2,(H,17,18). The number of aromatic nitrogens is 2. The Balaban J connectivity index is 1.46. The molecule has 2 aromatic rings. The van der Waals surface area contributed by atoms with Crippen LogP contribution in [0.25, 0.3) is 0 Å². The van der Waals surface area contributed by atoms with Crippen molar-refractivity contribution in [2.45, 2.75) is 19.1 Å². The summed E-state index contributed by atoms with van der Waals surface area (Å²) in [6.45, 7) is 2.43. The molecule has 3 rings (SSSR count). The fourth-order valence-electron chi connectivity index (χ4n) is 2.51. The number of β-amino-alcohol motifs (C(OH)–C–C–N with tert-alkyl or cyclic N) is 1. The fraction of sp³-hybridized carbons (Fsp3) is 0.400. The normalized spacial score (nSPS) is 16.5. The van der Waals surface area contributed by atoms with Gasteiger partial charge in [-0.2, -0.15) is 5.10 Å². The molecule has 0 radical (unpaired) electrons. The molecular formula is C15H18FN3O2. The highest BCUT2D eigenvalue weighted by molar-refractivity contribution is 5.22. The van der Waals surface area contributed by atoms with Crippen molar-refractivity contribution in [3.63, 3.8) is 0 Å². The Morgan fingerprint density at radius 1 is 1.38 bits per heavy atom. The van der Waals surface area contributed by atoms with Crippen LogP contribution in [0.1, 0.15) is 11.3 Å². The molecular weight excluding hydrogens is 273 g/mol. The molecule has 21 heavy (non-hydrogen) atoms. The number of nitrogens with zero attached hydrogens (tertiary/aromatic N) is 2. The molecule has 1 aliphatic rings. The highest BCUT2D eigenvalue weighted by atomic mass is 19.1. The van der Waals surface area contributed by atoms with Crippen LogP contribution in [-0.4, -0.2) is 46.0 Å². The number of halogens is 1. The zero-order chi connectivity index (χ0) is 14.7. The maximum Gasteiger partial charge on any atom is 0.123 e. The van der Waals surface area contributed by atoms with E-state index in [0.717, 1.165) is 19.5 Å². The van der Waals surface area contributed by atoms with Crippen LogP contribution in [0.4, 0.5) is 4.39 Å². The Hall–Kier alpha value is -1.92. The van der Waals surface area contributed by atoms with Crippen molar-refractivity contribution < 1.29 is 14.2 Å². The lowest BCUT2D eigenvalue weighted by Crippen LogP contribution is -2.38. The summed E-state index contributed by atoms with van der Waals surface area (Å²) in [4.78, 5) is 2.18. The van der Waals surface area contributed by atoms with Gasteiger partial charge in [0.25, 0.3) is 0 Å². The lowest BCUT2D eigenvalue weighted by molar-refractivity contribution is 0.0636. The Morgan fingerprint density at radius 2 is 2.19 bits per heavy atom. The molecule has 2 N–H and O–H groups in total. The van der Waals surface area contributed by atoms with Crippen molar-refractivity contribution >= 4 is 0 Å². The smallest absolute Gasteiger partial charge is 0.123 e. The molecule has 1 aromatic heterocycles. The molecule has 0 saturated carbocycles. The average Bonchev–Trinajstić information content (AvgIpc) is 2.94. The van der Waals surface area contributed by atoms with E-state index in [2.05, 4.69) is 15.1 Å². The topological polar surface area (TPSA) is 61.4 Å². The number of ether oxygens (including phenoxy) is 1. The number of aliphatic hydroxyl groups is 1. The summed E-state index contributed by atoms with van der Waals surface area (Å²) >= 11 is 0. The Morgan fingerprint density at radius 3 is 3.00 bits per heavy atom. The summed E-state index contributed by atoms with van der Waals surface area (Å²) in [6, 6.07) is 5.79. The van der Waals surface area contributed by atoms with E-state index in [9.17, 15) is 9.50 Å². The van der Waals surface area contributed by atoms with E-state index in [1.54, 1.807) is 12.1 Å². The summed E-state index contributed by atoms with van der Waals surface area (Å²) in [6.07, 6.45) is 2.17. The third-order valence-electron chi connectivity index (χ3n) is 3.60. The van der Waals surface area contributed by atoms with Gasteiger partial charge in [0.1, 0.15) is 24.3 Å². The second-order valence-corrected chi connectivity index (χ2v) is 5.28. The van der Waals surface area contributed by atoms with Gasteiger partial charge < -0.3 is 9.84 Å². The Labute approximate surface area is 122 Å². The van der Waals surface area contributed by atoms with E-state index in [0.29, 0.717) is 12.3 Å². The number of fused-ring (bicyclic) bond motifs is 1. The van der Waals surface area contributed by atoms with E-state index in [-0.39, 0.29) is 12.4 Å². The molecule has 6 heteroatoms. The van der Waals surface area contributed by atoms with Crippen LogP contribution in [0.2, 0.25) is 0 Å². The first-order valence-electron chi connectivity index (χ1n) is 7.00. The van der Waals surface area contributed by atoms with E-state index >= 15 is 0 Å². The first-order chi connectivity index (χ1) is 10.2. The van der Waals surface area contributed by atoms with Gasteiger partial charge in [-0.25, -0.2) is 4.39 Å². The fourth-order valence-corrected chi connectivity index (χ4v) is 2.51. The minimum absolute atomic E-state index is 0.195. The van der Waals surface area contributed by atoms with Crippen molar-refractivity contribution in [3.8, 4) is 5.75 Å². The number of aliphatic hydroxyl groups excluding tert-OH is 1. The second-order valence-electron chi connectivity index (χ2n) is 5.28. The number of hydrogen-bond acceptors (Lipinski definition) is 4. The third-order valence-corrected chi connectivity index (χ3v) is 3.60. The highest BCUT2D eigenvalue weighted by Crippen LogP contribution is 2.16. The molecule has 5 nitrogen and oxygen atoms in total. The second kappa shape index (κ2) is 6.24. The number of benzene rings is 1. The predicted octanol–water partition coefficient (Wildman–Crippen LogP) is 1.35. The lowest BCUT2D eigenvalue weighted by Gasteiger charge is -2.28. The first kappa shape index (κ1) is 14.0. The molecule has 0 aliphatic carbocycles. The quantitative estimate of drug-likeness (QED) is 0.873. The zero-order valence-electron chi connectivity index (χ0n) is 11.6. The van der Waals surface area contributed by atoms with Crippen LogP contribution in [0.5, 0.6) is 5.75 Å². The molecule has 0 bridgehead atoms. The number of hydrogen-bond donors (Lipinski definition) is 2. The van der Waals surface area contributed by atoms with Gasteiger partial charge in [0, 0.05) is 37.3 Å². The van der Waals surface area contributed by atoms with Crippen LogP contribution < -0.4 is 4.74 Å². The summed E-state index contributed by atoms with van der Waals surface area (Å²) in [5.74, 6) is 0.262. The van der Waals surface area contributed by atoms with Gasteiger partial charge in [0.2, 0.25) is 0 Å². The molecule has 1 unspecified atom stereocenters. The number of rotatable bonds is 5. The summed E-state index contributed by atoms with van der Waals surface area (Å²) in [5.41, 5.74) is 2.37. The van der Waals surface area contributed by atoms with Gasteiger partial charge in [-0.3, -0.25) is 10.00 Å². The van der Waals surface area contributed by atoms with Gasteiger partial charge in [-0.15, -0.1) is 0 Å². The summed E-state index contributed by atoms with van der Waals surface area (Å²) in [7, 11) is 0. The van der Waals surface area contributed by atoms with Crippen LogP contribution in [0, 0.1) is 5.82 Å². The Kier molecular flexibility index (Phi) is 4.17. The molecule has 1 atom stereocenters. The molecule has 2 heterocycles. The van der Waals surface area contributed by atoms with Crippen molar-refractivity contribution in [2.24, 2.45) is 0 Å². The van der Waals surface area contributed by atoms with Gasteiger partial charge in [0.05, 0.1) is 6.20 Å².